The Labute approximate surface area is 110 Å². The van der Waals surface area contributed by atoms with Crippen molar-refractivity contribution in [2.45, 2.75) is 45.0 Å². The second-order valence-corrected chi connectivity index (χ2v) is 4.57. The van der Waals surface area contributed by atoms with Gasteiger partial charge in [0, 0.05) is 19.5 Å². The highest BCUT2D eigenvalue weighted by Gasteiger charge is 2.34. The van der Waals surface area contributed by atoms with Gasteiger partial charge in [0.15, 0.2) is 0 Å². The normalized spacial score (nSPS) is 26.4. The van der Waals surface area contributed by atoms with Crippen LogP contribution in [0.5, 0.6) is 0 Å². The molecule has 1 aromatic rings. The number of hydrogen-bond donors (Lipinski definition) is 3. The molecule has 1 aliphatic rings. The predicted molar refractivity (Wildman–Crippen MR) is 67.7 cm³/mol. The van der Waals surface area contributed by atoms with E-state index in [9.17, 15) is 14.7 Å². The molecule has 0 bridgehead atoms. The molecule has 1 saturated heterocycles. The van der Waals surface area contributed by atoms with E-state index in [0.29, 0.717) is 18.4 Å². The SMILES string of the molecule is CC[C@H]1O[C@@H](c2cnc(NC(C)=O)[nH]c2=O)CC1O. The van der Waals surface area contributed by atoms with E-state index in [-0.39, 0.29) is 23.5 Å². The fourth-order valence-corrected chi connectivity index (χ4v) is 2.16. The molecule has 0 saturated carbocycles. The highest BCUT2D eigenvalue weighted by atomic mass is 16.5. The molecule has 2 rings (SSSR count). The molecular formula is C12H17N3O4. The average molecular weight is 267 g/mol. The molecule has 0 spiro atoms. The van der Waals surface area contributed by atoms with Gasteiger partial charge in [-0.15, -0.1) is 0 Å². The lowest BCUT2D eigenvalue weighted by Crippen LogP contribution is -2.21. The first-order valence-electron chi connectivity index (χ1n) is 6.21. The van der Waals surface area contributed by atoms with Gasteiger partial charge in [-0.25, -0.2) is 4.98 Å². The maximum Gasteiger partial charge on any atom is 0.258 e. The molecule has 7 nitrogen and oxygen atoms in total. The number of H-pyrrole nitrogens is 1. The van der Waals surface area contributed by atoms with Crippen LogP contribution in [-0.2, 0) is 9.53 Å². The fourth-order valence-electron chi connectivity index (χ4n) is 2.16. The number of rotatable bonds is 3. The van der Waals surface area contributed by atoms with Crippen LogP contribution in [0.1, 0.15) is 38.4 Å². The molecular weight excluding hydrogens is 250 g/mol. The van der Waals surface area contributed by atoms with Crippen molar-refractivity contribution >= 4 is 11.9 Å². The molecule has 1 aliphatic heterocycles. The summed E-state index contributed by atoms with van der Waals surface area (Å²) in [6.07, 6.45) is 1.17. The Hall–Kier alpha value is -1.73. The van der Waals surface area contributed by atoms with Crippen molar-refractivity contribution in [2.24, 2.45) is 0 Å². The van der Waals surface area contributed by atoms with Gasteiger partial charge in [0.2, 0.25) is 11.9 Å². The Morgan fingerprint density at radius 3 is 2.95 bits per heavy atom. The summed E-state index contributed by atoms with van der Waals surface area (Å²) in [5, 5.41) is 12.2. The number of carbonyl (C=O) groups excluding carboxylic acids is 1. The van der Waals surface area contributed by atoms with Crippen molar-refractivity contribution < 1.29 is 14.6 Å². The van der Waals surface area contributed by atoms with E-state index in [1.165, 1.54) is 13.1 Å². The minimum absolute atomic E-state index is 0.104. The van der Waals surface area contributed by atoms with Crippen molar-refractivity contribution in [3.8, 4) is 0 Å². The number of anilines is 1. The van der Waals surface area contributed by atoms with E-state index in [1.807, 2.05) is 6.92 Å². The van der Waals surface area contributed by atoms with Crippen LogP contribution < -0.4 is 10.9 Å². The lowest BCUT2D eigenvalue weighted by Gasteiger charge is -2.12. The first kappa shape index (κ1) is 13.7. The number of aliphatic hydroxyl groups is 1. The van der Waals surface area contributed by atoms with Gasteiger partial charge >= 0.3 is 0 Å². The first-order valence-corrected chi connectivity index (χ1v) is 6.21. The van der Waals surface area contributed by atoms with E-state index in [4.69, 9.17) is 4.74 Å². The third-order valence-electron chi connectivity index (χ3n) is 3.09. The Morgan fingerprint density at radius 1 is 1.68 bits per heavy atom. The summed E-state index contributed by atoms with van der Waals surface area (Å²) >= 11 is 0. The van der Waals surface area contributed by atoms with Crippen LogP contribution in [0, 0.1) is 0 Å². The highest BCUT2D eigenvalue weighted by Crippen LogP contribution is 2.32. The van der Waals surface area contributed by atoms with Gasteiger partial charge in [-0.05, 0) is 6.42 Å². The fraction of sp³-hybridized carbons (Fsp3) is 0.583. The van der Waals surface area contributed by atoms with Gasteiger partial charge in [0.05, 0.1) is 23.9 Å². The summed E-state index contributed by atoms with van der Waals surface area (Å²) in [6.45, 7) is 3.24. The zero-order chi connectivity index (χ0) is 14.0. The summed E-state index contributed by atoms with van der Waals surface area (Å²) < 4.78 is 5.61. The van der Waals surface area contributed by atoms with Crippen LogP contribution in [0.25, 0.3) is 0 Å². The van der Waals surface area contributed by atoms with E-state index in [0.717, 1.165) is 0 Å². The van der Waals surface area contributed by atoms with Gasteiger partial charge in [-0.1, -0.05) is 6.92 Å². The number of ether oxygens (including phenoxy) is 1. The molecule has 2 heterocycles. The van der Waals surface area contributed by atoms with Crippen molar-refractivity contribution in [3.05, 3.63) is 22.1 Å². The summed E-state index contributed by atoms with van der Waals surface area (Å²) in [6, 6.07) is 0. The maximum atomic E-state index is 11.9. The second kappa shape index (κ2) is 5.50. The van der Waals surface area contributed by atoms with Gasteiger partial charge in [0.25, 0.3) is 5.56 Å². The standard InChI is InChI=1S/C12H17N3O4/c1-3-9-8(17)4-10(19-9)7-5-13-12(14-6(2)16)15-11(7)18/h5,8-10,17H,3-4H2,1-2H3,(H2,13,14,15,16,18)/t8?,9-,10-/m1/s1. The largest absolute Gasteiger partial charge is 0.390 e. The minimum Gasteiger partial charge on any atom is -0.390 e. The van der Waals surface area contributed by atoms with Crippen LogP contribution in [0.4, 0.5) is 5.95 Å². The Morgan fingerprint density at radius 2 is 2.42 bits per heavy atom. The van der Waals surface area contributed by atoms with Crippen LogP contribution >= 0.6 is 0 Å². The third kappa shape index (κ3) is 2.99. The quantitative estimate of drug-likeness (QED) is 0.732. The highest BCUT2D eigenvalue weighted by molar-refractivity contribution is 5.86. The second-order valence-electron chi connectivity index (χ2n) is 4.57. The number of hydrogen-bond acceptors (Lipinski definition) is 5. The summed E-state index contributed by atoms with van der Waals surface area (Å²) in [5.41, 5.74) is -0.00296. The first-order chi connectivity index (χ1) is 9.01. The van der Waals surface area contributed by atoms with Crippen molar-refractivity contribution in [3.63, 3.8) is 0 Å². The van der Waals surface area contributed by atoms with E-state index >= 15 is 0 Å². The Balaban J connectivity index is 2.18. The summed E-state index contributed by atoms with van der Waals surface area (Å²) in [7, 11) is 0. The lowest BCUT2D eigenvalue weighted by atomic mass is 10.1. The summed E-state index contributed by atoms with van der Waals surface area (Å²) in [4.78, 5) is 29.2. The zero-order valence-electron chi connectivity index (χ0n) is 10.8. The molecule has 1 amide bonds. The van der Waals surface area contributed by atoms with Crippen molar-refractivity contribution in [2.75, 3.05) is 5.32 Å². The van der Waals surface area contributed by atoms with Crippen molar-refractivity contribution in [1.29, 1.82) is 0 Å². The average Bonchev–Trinajstić information content (AvgIpc) is 2.69. The topological polar surface area (TPSA) is 104 Å². The molecule has 0 aliphatic carbocycles. The number of nitrogens with one attached hydrogen (secondary N) is 2. The Bertz CT molecular complexity index is 528. The molecule has 19 heavy (non-hydrogen) atoms. The Kier molecular flexibility index (Phi) is 3.96. The van der Waals surface area contributed by atoms with Crippen LogP contribution in [0.3, 0.4) is 0 Å². The maximum absolute atomic E-state index is 11.9. The number of aromatic nitrogens is 2. The molecule has 1 fully saturated rings. The van der Waals surface area contributed by atoms with Gasteiger partial charge < -0.3 is 9.84 Å². The molecule has 104 valence electrons. The van der Waals surface area contributed by atoms with E-state index in [1.54, 1.807) is 0 Å². The molecule has 3 N–H and O–H groups in total. The van der Waals surface area contributed by atoms with Gasteiger partial charge in [0.1, 0.15) is 0 Å². The van der Waals surface area contributed by atoms with Crippen LogP contribution in [-0.4, -0.2) is 33.2 Å². The molecule has 1 unspecified atom stereocenters. The zero-order valence-corrected chi connectivity index (χ0v) is 10.8. The number of aliphatic hydroxyl groups excluding tert-OH is 1. The smallest absolute Gasteiger partial charge is 0.258 e. The lowest BCUT2D eigenvalue weighted by molar-refractivity contribution is -0.114. The number of carbonyl (C=O) groups is 1. The van der Waals surface area contributed by atoms with Gasteiger partial charge in [-0.2, -0.15) is 0 Å². The minimum atomic E-state index is -0.565. The molecule has 7 heteroatoms. The predicted octanol–water partition coefficient (Wildman–Crippen LogP) is 0.329. The van der Waals surface area contributed by atoms with Crippen molar-refractivity contribution in [1.82, 2.24) is 9.97 Å². The number of nitrogens with zero attached hydrogens (tertiary/aromatic N) is 1. The van der Waals surface area contributed by atoms with E-state index in [2.05, 4.69) is 15.3 Å². The molecule has 3 atom stereocenters. The molecule has 0 aromatic carbocycles. The third-order valence-corrected chi connectivity index (χ3v) is 3.09. The molecule has 0 radical (unpaired) electrons. The monoisotopic (exact) mass is 267 g/mol. The molecule has 1 aromatic heterocycles. The van der Waals surface area contributed by atoms with Gasteiger partial charge in [-0.3, -0.25) is 19.9 Å². The number of aromatic amines is 1. The van der Waals surface area contributed by atoms with E-state index < -0.39 is 12.2 Å². The van der Waals surface area contributed by atoms with Crippen LogP contribution in [0.2, 0.25) is 0 Å². The van der Waals surface area contributed by atoms with Crippen LogP contribution in [0.15, 0.2) is 11.0 Å². The number of amides is 1. The summed E-state index contributed by atoms with van der Waals surface area (Å²) in [5.74, 6) is -0.207.